The first-order valence-corrected chi connectivity index (χ1v) is 8.20. The van der Waals surface area contributed by atoms with Gasteiger partial charge in [0.25, 0.3) is 0 Å². The van der Waals surface area contributed by atoms with Crippen molar-refractivity contribution in [1.29, 1.82) is 0 Å². The van der Waals surface area contributed by atoms with Crippen molar-refractivity contribution in [2.24, 2.45) is 0 Å². The van der Waals surface area contributed by atoms with Gasteiger partial charge in [0, 0.05) is 18.0 Å². The van der Waals surface area contributed by atoms with E-state index >= 15 is 0 Å². The molecule has 2 heterocycles. The summed E-state index contributed by atoms with van der Waals surface area (Å²) in [6, 6.07) is 4.45. The minimum atomic E-state index is 0.257. The summed E-state index contributed by atoms with van der Waals surface area (Å²) in [5.41, 5.74) is 3.66. The van der Waals surface area contributed by atoms with E-state index in [0.29, 0.717) is 0 Å². The Morgan fingerprint density at radius 3 is 2.85 bits per heavy atom. The maximum Gasteiger partial charge on any atom is 0.0897 e. The van der Waals surface area contributed by atoms with Crippen molar-refractivity contribution in [2.75, 3.05) is 6.54 Å². The highest BCUT2D eigenvalue weighted by molar-refractivity contribution is 7.09. The topological polar surface area (TPSA) is 37.8 Å². The monoisotopic (exact) mass is 289 g/mol. The molecule has 4 heteroatoms. The molecule has 108 valence electrons. The van der Waals surface area contributed by atoms with Crippen LogP contribution in [0.25, 0.3) is 0 Å². The van der Waals surface area contributed by atoms with Gasteiger partial charge in [-0.2, -0.15) is 0 Å². The van der Waals surface area contributed by atoms with E-state index < -0.39 is 0 Å². The van der Waals surface area contributed by atoms with Crippen LogP contribution in [0.5, 0.6) is 0 Å². The van der Waals surface area contributed by atoms with Crippen molar-refractivity contribution < 1.29 is 0 Å². The molecule has 2 aromatic rings. The minimum Gasteiger partial charge on any atom is -0.308 e. The van der Waals surface area contributed by atoms with Gasteiger partial charge in [0.05, 0.1) is 22.4 Å². The van der Waals surface area contributed by atoms with E-state index in [1.165, 1.54) is 11.3 Å². The highest BCUT2D eigenvalue weighted by Gasteiger charge is 2.17. The summed E-state index contributed by atoms with van der Waals surface area (Å²) >= 11 is 1.72. The quantitative estimate of drug-likeness (QED) is 0.844. The highest BCUT2D eigenvalue weighted by Crippen LogP contribution is 2.21. The molecule has 0 spiro atoms. The van der Waals surface area contributed by atoms with E-state index in [9.17, 15) is 0 Å². The Kier molecular flexibility index (Phi) is 5.68. The minimum absolute atomic E-state index is 0.257. The van der Waals surface area contributed by atoms with Crippen molar-refractivity contribution in [3.8, 4) is 0 Å². The third-order valence-corrected chi connectivity index (χ3v) is 4.18. The van der Waals surface area contributed by atoms with Crippen LogP contribution in [0.15, 0.2) is 23.7 Å². The summed E-state index contributed by atoms with van der Waals surface area (Å²) < 4.78 is 0. The summed E-state index contributed by atoms with van der Waals surface area (Å²) in [6.45, 7) is 7.44. The third-order valence-electron chi connectivity index (χ3n) is 3.36. The second-order valence-electron chi connectivity index (χ2n) is 4.97. The number of hydrogen-bond donors (Lipinski definition) is 1. The summed E-state index contributed by atoms with van der Waals surface area (Å²) in [6.07, 6.45) is 4.94. The van der Waals surface area contributed by atoms with E-state index in [4.69, 9.17) is 0 Å². The van der Waals surface area contributed by atoms with E-state index in [-0.39, 0.29) is 6.04 Å². The largest absolute Gasteiger partial charge is 0.308 e. The average Bonchev–Trinajstić information content (AvgIpc) is 2.88. The van der Waals surface area contributed by atoms with Crippen molar-refractivity contribution in [3.05, 3.63) is 45.7 Å². The smallest absolute Gasteiger partial charge is 0.0897 e. The lowest BCUT2D eigenvalue weighted by Crippen LogP contribution is -2.26. The van der Waals surface area contributed by atoms with Crippen molar-refractivity contribution in [3.63, 3.8) is 0 Å². The van der Waals surface area contributed by atoms with Crippen LogP contribution in [0.3, 0.4) is 0 Å². The standard InChI is InChI=1S/C16H23N3S/c1-4-8-17-15(10-14-11-20-12(3)19-14)16-13(5-2)7-6-9-18-16/h6-7,9,11,15,17H,4-5,8,10H2,1-3H3. The SMILES string of the molecule is CCCNC(Cc1csc(C)n1)c1ncccc1CC. The number of aromatic nitrogens is 2. The van der Waals surface area contributed by atoms with Gasteiger partial charge in [-0.3, -0.25) is 4.98 Å². The molecule has 0 aliphatic carbocycles. The van der Waals surface area contributed by atoms with Gasteiger partial charge in [-0.25, -0.2) is 4.98 Å². The van der Waals surface area contributed by atoms with E-state index in [1.807, 2.05) is 12.3 Å². The molecule has 0 bridgehead atoms. The molecular weight excluding hydrogens is 266 g/mol. The van der Waals surface area contributed by atoms with Gasteiger partial charge in [0.1, 0.15) is 0 Å². The Hall–Kier alpha value is -1.26. The van der Waals surface area contributed by atoms with E-state index in [0.717, 1.165) is 36.5 Å². The number of thiazole rings is 1. The molecule has 0 amide bonds. The van der Waals surface area contributed by atoms with Crippen LogP contribution in [0.2, 0.25) is 0 Å². The molecule has 2 rings (SSSR count). The number of hydrogen-bond acceptors (Lipinski definition) is 4. The fraction of sp³-hybridized carbons (Fsp3) is 0.500. The first-order valence-electron chi connectivity index (χ1n) is 7.32. The maximum atomic E-state index is 4.62. The Balaban J connectivity index is 2.22. The second-order valence-corrected chi connectivity index (χ2v) is 6.03. The first kappa shape index (κ1) is 15.1. The molecule has 20 heavy (non-hydrogen) atoms. The maximum absolute atomic E-state index is 4.62. The predicted molar refractivity (Wildman–Crippen MR) is 85.2 cm³/mol. The van der Waals surface area contributed by atoms with Crippen molar-refractivity contribution in [1.82, 2.24) is 15.3 Å². The van der Waals surface area contributed by atoms with Gasteiger partial charge in [0.15, 0.2) is 0 Å². The molecule has 0 aromatic carbocycles. The summed E-state index contributed by atoms with van der Waals surface area (Å²) in [7, 11) is 0. The van der Waals surface area contributed by atoms with Gasteiger partial charge in [-0.05, 0) is 37.9 Å². The van der Waals surface area contributed by atoms with Crippen LogP contribution in [0.4, 0.5) is 0 Å². The lowest BCUT2D eigenvalue weighted by atomic mass is 10.0. The van der Waals surface area contributed by atoms with Gasteiger partial charge in [-0.1, -0.05) is 19.9 Å². The highest BCUT2D eigenvalue weighted by atomic mass is 32.1. The summed E-state index contributed by atoms with van der Waals surface area (Å²) in [5, 5.41) is 6.91. The fourth-order valence-electron chi connectivity index (χ4n) is 2.36. The predicted octanol–water partition coefficient (Wildman–Crippen LogP) is 3.69. The molecule has 0 aliphatic heterocycles. The fourth-order valence-corrected chi connectivity index (χ4v) is 2.98. The van der Waals surface area contributed by atoms with Crippen LogP contribution >= 0.6 is 11.3 Å². The molecule has 0 radical (unpaired) electrons. The molecule has 1 atom stereocenters. The lowest BCUT2D eigenvalue weighted by Gasteiger charge is -2.19. The van der Waals surface area contributed by atoms with Crippen LogP contribution in [0.1, 0.15) is 48.3 Å². The number of nitrogens with zero attached hydrogens (tertiary/aromatic N) is 2. The molecule has 0 saturated heterocycles. The van der Waals surface area contributed by atoms with Crippen LogP contribution < -0.4 is 5.32 Å². The summed E-state index contributed by atoms with van der Waals surface area (Å²) in [4.78, 5) is 9.21. The molecule has 1 unspecified atom stereocenters. The number of nitrogens with one attached hydrogen (secondary N) is 1. The van der Waals surface area contributed by atoms with Crippen molar-refractivity contribution in [2.45, 2.75) is 46.1 Å². The summed E-state index contributed by atoms with van der Waals surface area (Å²) in [5.74, 6) is 0. The molecule has 1 N–H and O–H groups in total. The van der Waals surface area contributed by atoms with Gasteiger partial charge < -0.3 is 5.32 Å². The molecule has 3 nitrogen and oxygen atoms in total. The molecular formula is C16H23N3S. The van der Waals surface area contributed by atoms with Gasteiger partial charge in [0.2, 0.25) is 0 Å². The van der Waals surface area contributed by atoms with Gasteiger partial charge in [-0.15, -0.1) is 11.3 Å². The van der Waals surface area contributed by atoms with Crippen LogP contribution in [-0.2, 0) is 12.8 Å². The van der Waals surface area contributed by atoms with Crippen molar-refractivity contribution >= 4 is 11.3 Å². The Morgan fingerprint density at radius 1 is 1.35 bits per heavy atom. The van der Waals surface area contributed by atoms with E-state index in [2.05, 4.69) is 47.5 Å². The normalized spacial score (nSPS) is 12.6. The number of pyridine rings is 1. The van der Waals surface area contributed by atoms with E-state index in [1.54, 1.807) is 11.3 Å². The number of aryl methyl sites for hydroxylation is 2. The molecule has 0 saturated carbocycles. The molecule has 0 fully saturated rings. The van der Waals surface area contributed by atoms with Gasteiger partial charge >= 0.3 is 0 Å². The number of rotatable bonds is 7. The Labute approximate surface area is 125 Å². The third kappa shape index (κ3) is 3.87. The average molecular weight is 289 g/mol. The zero-order chi connectivity index (χ0) is 14.4. The first-order chi connectivity index (χ1) is 9.74. The lowest BCUT2D eigenvalue weighted by molar-refractivity contribution is 0.510. The molecule has 0 aliphatic rings. The Bertz CT molecular complexity index is 536. The zero-order valence-corrected chi connectivity index (χ0v) is 13.3. The second kappa shape index (κ2) is 7.50. The molecule has 2 aromatic heterocycles. The van der Waals surface area contributed by atoms with Crippen LogP contribution in [0, 0.1) is 6.92 Å². The zero-order valence-electron chi connectivity index (χ0n) is 12.5. The van der Waals surface area contributed by atoms with Crippen LogP contribution in [-0.4, -0.2) is 16.5 Å². The Morgan fingerprint density at radius 2 is 2.20 bits per heavy atom.